The molecule has 0 fully saturated rings. The summed E-state index contributed by atoms with van der Waals surface area (Å²) in [7, 11) is 0. The van der Waals surface area contributed by atoms with Crippen LogP contribution in [0.4, 0.5) is 0 Å². The average molecular weight is 202 g/mol. The summed E-state index contributed by atoms with van der Waals surface area (Å²) < 4.78 is 22.7. The molecule has 0 amide bonds. The summed E-state index contributed by atoms with van der Waals surface area (Å²) in [5.41, 5.74) is 0.660. The molecule has 4 nitrogen and oxygen atoms in total. The first kappa shape index (κ1) is 10.3. The molecule has 72 valence electrons. The van der Waals surface area contributed by atoms with E-state index in [2.05, 4.69) is 4.18 Å². The molecule has 0 radical (unpaired) electrons. The summed E-state index contributed by atoms with van der Waals surface area (Å²) in [4.78, 5) is 0. The average Bonchev–Trinajstić information content (AvgIpc) is 2.15. The second-order valence-corrected chi connectivity index (χ2v) is 3.10. The van der Waals surface area contributed by atoms with E-state index in [4.69, 9.17) is 4.55 Å². The Bertz CT molecular complexity index is 275. The van der Waals surface area contributed by atoms with Gasteiger partial charge in [0.2, 0.25) is 0 Å². The lowest BCUT2D eigenvalue weighted by Gasteiger charge is -2.08. The third-order valence-electron chi connectivity index (χ3n) is 1.51. The molecule has 1 aromatic carbocycles. The van der Waals surface area contributed by atoms with Crippen LogP contribution in [-0.4, -0.2) is 20.5 Å². The minimum atomic E-state index is -2.32. The van der Waals surface area contributed by atoms with E-state index in [0.29, 0.717) is 5.56 Å². The van der Waals surface area contributed by atoms with Crippen molar-refractivity contribution in [1.29, 1.82) is 0 Å². The Morgan fingerprint density at radius 3 is 2.54 bits per heavy atom. The number of benzene rings is 1. The van der Waals surface area contributed by atoms with Gasteiger partial charge in [-0.3, -0.25) is 8.74 Å². The van der Waals surface area contributed by atoms with Crippen LogP contribution in [0, 0.1) is 0 Å². The Morgan fingerprint density at radius 2 is 2.00 bits per heavy atom. The highest BCUT2D eigenvalue weighted by atomic mass is 32.2. The minimum Gasteiger partial charge on any atom is -0.386 e. The van der Waals surface area contributed by atoms with E-state index in [1.807, 2.05) is 6.07 Å². The molecular formula is C8H10O4S. The van der Waals surface area contributed by atoms with Gasteiger partial charge in [0.05, 0.1) is 6.61 Å². The van der Waals surface area contributed by atoms with Crippen LogP contribution in [0.3, 0.4) is 0 Å². The molecule has 0 aliphatic rings. The number of aliphatic hydroxyl groups excluding tert-OH is 1. The van der Waals surface area contributed by atoms with Crippen LogP contribution in [-0.2, 0) is 15.5 Å². The summed E-state index contributed by atoms with van der Waals surface area (Å²) in [6.07, 6.45) is -0.864. The molecule has 1 rings (SSSR count). The maximum Gasteiger partial charge on any atom is 0.301 e. The molecule has 0 spiro atoms. The predicted octanol–water partition coefficient (Wildman–Crippen LogP) is 0.873. The van der Waals surface area contributed by atoms with Crippen molar-refractivity contribution in [3.05, 3.63) is 35.9 Å². The fourth-order valence-electron chi connectivity index (χ4n) is 0.894. The first-order chi connectivity index (χ1) is 6.20. The van der Waals surface area contributed by atoms with Gasteiger partial charge in [-0.15, -0.1) is 0 Å². The minimum absolute atomic E-state index is 0.187. The lowest BCUT2D eigenvalue weighted by Crippen LogP contribution is -2.08. The lowest BCUT2D eigenvalue weighted by molar-refractivity contribution is 0.110. The Kier molecular flexibility index (Phi) is 4.04. The Hall–Kier alpha value is -0.750. The largest absolute Gasteiger partial charge is 0.386 e. The third-order valence-corrected chi connectivity index (χ3v) is 1.85. The Balaban J connectivity index is 2.49. The molecule has 5 heteroatoms. The molecule has 1 aromatic rings. The van der Waals surface area contributed by atoms with Gasteiger partial charge in [-0.05, 0) is 5.56 Å². The number of hydrogen-bond acceptors (Lipinski definition) is 3. The fourth-order valence-corrected chi connectivity index (χ4v) is 1.14. The zero-order valence-electron chi connectivity index (χ0n) is 6.79. The van der Waals surface area contributed by atoms with Gasteiger partial charge >= 0.3 is 11.4 Å². The molecule has 2 atom stereocenters. The normalized spacial score (nSPS) is 15.2. The van der Waals surface area contributed by atoms with Crippen LogP contribution >= 0.6 is 0 Å². The van der Waals surface area contributed by atoms with E-state index < -0.39 is 17.5 Å². The molecular weight excluding hydrogens is 192 g/mol. The number of rotatable bonds is 4. The maximum absolute atomic E-state index is 10.1. The van der Waals surface area contributed by atoms with Gasteiger partial charge in [0, 0.05) is 0 Å². The molecule has 0 heterocycles. The van der Waals surface area contributed by atoms with E-state index in [1.54, 1.807) is 24.3 Å². The molecule has 0 bridgehead atoms. The molecule has 0 aliphatic carbocycles. The van der Waals surface area contributed by atoms with Gasteiger partial charge in [-0.1, -0.05) is 30.3 Å². The van der Waals surface area contributed by atoms with Crippen LogP contribution in [0.25, 0.3) is 0 Å². The summed E-state index contributed by atoms with van der Waals surface area (Å²) in [6, 6.07) is 8.80. The second-order valence-electron chi connectivity index (χ2n) is 2.43. The molecule has 0 aromatic heterocycles. The molecule has 13 heavy (non-hydrogen) atoms. The van der Waals surface area contributed by atoms with E-state index >= 15 is 0 Å². The first-order valence-electron chi connectivity index (χ1n) is 3.67. The smallest absolute Gasteiger partial charge is 0.301 e. The summed E-state index contributed by atoms with van der Waals surface area (Å²) in [6.45, 7) is -0.187. The fraction of sp³-hybridized carbons (Fsp3) is 0.250. The predicted molar refractivity (Wildman–Crippen MR) is 48.1 cm³/mol. The van der Waals surface area contributed by atoms with Crippen LogP contribution in [0.15, 0.2) is 30.3 Å². The zero-order valence-corrected chi connectivity index (χ0v) is 7.61. The van der Waals surface area contributed by atoms with Crippen molar-refractivity contribution in [2.75, 3.05) is 6.61 Å². The molecule has 0 saturated heterocycles. The van der Waals surface area contributed by atoms with Crippen LogP contribution in [0.5, 0.6) is 0 Å². The van der Waals surface area contributed by atoms with E-state index in [0.717, 1.165) is 0 Å². The van der Waals surface area contributed by atoms with Gasteiger partial charge < -0.3 is 5.11 Å². The lowest BCUT2D eigenvalue weighted by atomic mass is 10.1. The topological polar surface area (TPSA) is 66.8 Å². The Morgan fingerprint density at radius 1 is 1.38 bits per heavy atom. The maximum atomic E-state index is 10.1. The zero-order chi connectivity index (χ0) is 9.68. The third kappa shape index (κ3) is 3.65. The van der Waals surface area contributed by atoms with Crippen molar-refractivity contribution in [3.63, 3.8) is 0 Å². The second kappa shape index (κ2) is 5.08. The van der Waals surface area contributed by atoms with Crippen molar-refractivity contribution in [2.45, 2.75) is 6.10 Å². The van der Waals surface area contributed by atoms with Crippen molar-refractivity contribution < 1.29 is 18.1 Å². The quantitative estimate of drug-likeness (QED) is 0.711. The number of aliphatic hydroxyl groups is 1. The van der Waals surface area contributed by atoms with E-state index in [1.165, 1.54) is 0 Å². The number of hydrogen-bond donors (Lipinski definition) is 2. The molecule has 0 aliphatic heterocycles. The SMILES string of the molecule is O=S(O)OCC(O)c1ccccc1. The molecule has 2 N–H and O–H groups in total. The highest BCUT2D eigenvalue weighted by Gasteiger charge is 2.07. The van der Waals surface area contributed by atoms with Crippen molar-refractivity contribution in [2.24, 2.45) is 0 Å². The van der Waals surface area contributed by atoms with Crippen molar-refractivity contribution in [1.82, 2.24) is 0 Å². The van der Waals surface area contributed by atoms with E-state index in [-0.39, 0.29) is 6.61 Å². The Labute approximate surface area is 78.7 Å². The van der Waals surface area contributed by atoms with Gasteiger partial charge in [-0.2, -0.15) is 4.21 Å². The van der Waals surface area contributed by atoms with Crippen LogP contribution < -0.4 is 0 Å². The van der Waals surface area contributed by atoms with Crippen molar-refractivity contribution in [3.8, 4) is 0 Å². The summed E-state index contributed by atoms with van der Waals surface area (Å²) >= 11 is -2.32. The highest BCUT2D eigenvalue weighted by molar-refractivity contribution is 7.74. The monoisotopic (exact) mass is 202 g/mol. The van der Waals surface area contributed by atoms with E-state index in [9.17, 15) is 9.32 Å². The first-order valence-corrected chi connectivity index (χ1v) is 4.70. The van der Waals surface area contributed by atoms with Gasteiger partial charge in [-0.25, -0.2) is 0 Å². The van der Waals surface area contributed by atoms with Crippen LogP contribution in [0.1, 0.15) is 11.7 Å². The standard InChI is InChI=1S/C8H10O4S/c9-8(6-12-13(10)11)7-4-2-1-3-5-7/h1-5,8-9H,6H2,(H,10,11). The van der Waals surface area contributed by atoms with Gasteiger partial charge in [0.25, 0.3) is 0 Å². The van der Waals surface area contributed by atoms with Crippen LogP contribution in [0.2, 0.25) is 0 Å². The molecule has 0 saturated carbocycles. The van der Waals surface area contributed by atoms with Gasteiger partial charge in [0.15, 0.2) is 0 Å². The highest BCUT2D eigenvalue weighted by Crippen LogP contribution is 2.11. The molecule has 2 unspecified atom stereocenters. The van der Waals surface area contributed by atoms with Crippen molar-refractivity contribution >= 4 is 11.4 Å². The van der Waals surface area contributed by atoms with Gasteiger partial charge in [0.1, 0.15) is 6.10 Å². The summed E-state index contributed by atoms with van der Waals surface area (Å²) in [5, 5.41) is 9.40. The summed E-state index contributed by atoms with van der Waals surface area (Å²) in [5.74, 6) is 0.